The zero-order valence-electron chi connectivity index (χ0n) is 15.7. The summed E-state index contributed by atoms with van der Waals surface area (Å²) in [6.07, 6.45) is 4.33. The minimum Gasteiger partial charge on any atom is -0.493 e. The lowest BCUT2D eigenvalue weighted by atomic mass is 10.00. The van der Waals surface area contributed by atoms with Gasteiger partial charge in [0, 0.05) is 37.2 Å². The number of hydrogen-bond acceptors (Lipinski definition) is 6. The van der Waals surface area contributed by atoms with Gasteiger partial charge in [0.25, 0.3) is 0 Å². The second-order valence-electron chi connectivity index (χ2n) is 7.04. The molecule has 1 amide bonds. The molecule has 2 atom stereocenters. The summed E-state index contributed by atoms with van der Waals surface area (Å²) in [5.74, 6) is 0.654. The van der Waals surface area contributed by atoms with Crippen molar-refractivity contribution in [2.75, 3.05) is 20.8 Å². The van der Waals surface area contributed by atoms with Gasteiger partial charge in [-0.3, -0.25) is 4.79 Å². The SMILES string of the molecule is COc1ccc(S(=O)(=O)NCCC(=O)NC2CC3CCC(C2)N3)cc1OC. The number of methoxy groups -OCH3 is 2. The Morgan fingerprint density at radius 2 is 1.81 bits per heavy atom. The van der Waals surface area contributed by atoms with Crippen LogP contribution < -0.4 is 24.8 Å². The molecule has 27 heavy (non-hydrogen) atoms. The van der Waals surface area contributed by atoms with Crippen LogP contribution in [0.25, 0.3) is 0 Å². The highest BCUT2D eigenvalue weighted by atomic mass is 32.2. The summed E-state index contributed by atoms with van der Waals surface area (Å²) < 4.78 is 37.5. The summed E-state index contributed by atoms with van der Waals surface area (Å²) in [5.41, 5.74) is 0. The van der Waals surface area contributed by atoms with Gasteiger partial charge < -0.3 is 20.1 Å². The lowest BCUT2D eigenvalue weighted by molar-refractivity contribution is -0.121. The van der Waals surface area contributed by atoms with Gasteiger partial charge in [0.05, 0.1) is 19.1 Å². The maximum absolute atomic E-state index is 12.4. The molecule has 3 N–H and O–H groups in total. The normalized spacial score (nSPS) is 24.4. The molecule has 0 saturated carbocycles. The number of hydrogen-bond donors (Lipinski definition) is 3. The molecule has 2 unspecified atom stereocenters. The van der Waals surface area contributed by atoms with Crippen molar-refractivity contribution in [3.05, 3.63) is 18.2 Å². The summed E-state index contributed by atoms with van der Waals surface area (Å²) >= 11 is 0. The van der Waals surface area contributed by atoms with Crippen molar-refractivity contribution in [1.29, 1.82) is 0 Å². The number of ether oxygens (including phenoxy) is 2. The summed E-state index contributed by atoms with van der Waals surface area (Å²) in [5, 5.41) is 6.56. The van der Waals surface area contributed by atoms with Crippen LogP contribution in [0.1, 0.15) is 32.1 Å². The maximum Gasteiger partial charge on any atom is 0.240 e. The van der Waals surface area contributed by atoms with E-state index in [1.54, 1.807) is 0 Å². The van der Waals surface area contributed by atoms with Gasteiger partial charge in [-0.1, -0.05) is 0 Å². The van der Waals surface area contributed by atoms with Gasteiger partial charge in [-0.15, -0.1) is 0 Å². The fourth-order valence-electron chi connectivity index (χ4n) is 3.84. The second-order valence-corrected chi connectivity index (χ2v) is 8.81. The molecular formula is C18H27N3O5S. The van der Waals surface area contributed by atoms with Gasteiger partial charge in [-0.2, -0.15) is 0 Å². The van der Waals surface area contributed by atoms with Crippen molar-refractivity contribution in [2.24, 2.45) is 0 Å². The van der Waals surface area contributed by atoms with E-state index in [1.165, 1.54) is 45.3 Å². The average Bonchev–Trinajstić information content (AvgIpc) is 2.99. The van der Waals surface area contributed by atoms with Crippen molar-refractivity contribution < 1.29 is 22.7 Å². The molecule has 0 aromatic heterocycles. The highest BCUT2D eigenvalue weighted by Gasteiger charge is 2.33. The van der Waals surface area contributed by atoms with Gasteiger partial charge in [0.1, 0.15) is 0 Å². The van der Waals surface area contributed by atoms with E-state index in [-0.39, 0.29) is 29.8 Å². The summed E-state index contributed by atoms with van der Waals surface area (Å²) in [4.78, 5) is 12.2. The largest absolute Gasteiger partial charge is 0.493 e. The van der Waals surface area contributed by atoms with Gasteiger partial charge in [-0.05, 0) is 37.8 Å². The van der Waals surface area contributed by atoms with Crippen LogP contribution >= 0.6 is 0 Å². The molecule has 3 rings (SSSR count). The van der Waals surface area contributed by atoms with Crippen molar-refractivity contribution in [1.82, 2.24) is 15.4 Å². The Morgan fingerprint density at radius 3 is 2.44 bits per heavy atom. The number of rotatable bonds is 8. The number of carbonyl (C=O) groups excluding carboxylic acids is 1. The fourth-order valence-corrected chi connectivity index (χ4v) is 4.89. The number of benzene rings is 1. The molecule has 0 spiro atoms. The van der Waals surface area contributed by atoms with Gasteiger partial charge in [-0.25, -0.2) is 13.1 Å². The molecule has 2 fully saturated rings. The Kier molecular flexibility index (Phi) is 6.23. The molecule has 150 valence electrons. The predicted molar refractivity (Wildman–Crippen MR) is 100 cm³/mol. The van der Waals surface area contributed by atoms with Crippen molar-refractivity contribution in [3.8, 4) is 11.5 Å². The molecule has 9 heteroatoms. The molecule has 0 radical (unpaired) electrons. The number of nitrogens with one attached hydrogen (secondary N) is 3. The molecule has 1 aromatic rings. The highest BCUT2D eigenvalue weighted by Crippen LogP contribution is 2.29. The van der Waals surface area contributed by atoms with Crippen LogP contribution in [0.15, 0.2) is 23.1 Å². The molecule has 2 aliphatic heterocycles. The van der Waals surface area contributed by atoms with Gasteiger partial charge >= 0.3 is 0 Å². The quantitative estimate of drug-likeness (QED) is 0.598. The molecular weight excluding hydrogens is 370 g/mol. The number of fused-ring (bicyclic) bond motifs is 2. The number of amides is 1. The molecule has 1 aromatic carbocycles. The molecule has 8 nitrogen and oxygen atoms in total. The van der Waals surface area contributed by atoms with Crippen molar-refractivity contribution in [2.45, 2.75) is 55.1 Å². The predicted octanol–water partition coefficient (Wildman–Crippen LogP) is 0.771. The maximum atomic E-state index is 12.4. The van der Waals surface area contributed by atoms with Crippen LogP contribution in [0.3, 0.4) is 0 Å². The van der Waals surface area contributed by atoms with Gasteiger partial charge in [0.15, 0.2) is 11.5 Å². The van der Waals surface area contributed by atoms with Crippen molar-refractivity contribution in [3.63, 3.8) is 0 Å². The Bertz CT molecular complexity index is 771. The zero-order chi connectivity index (χ0) is 19.4. The first-order chi connectivity index (χ1) is 12.9. The first kappa shape index (κ1) is 19.9. The first-order valence-electron chi connectivity index (χ1n) is 9.18. The zero-order valence-corrected chi connectivity index (χ0v) is 16.5. The van der Waals surface area contributed by atoms with E-state index in [9.17, 15) is 13.2 Å². The number of sulfonamides is 1. The number of piperidine rings is 1. The Hall–Kier alpha value is -1.84. The lowest BCUT2D eigenvalue weighted by Crippen LogP contribution is -2.48. The highest BCUT2D eigenvalue weighted by molar-refractivity contribution is 7.89. The minimum absolute atomic E-state index is 0.0420. The van der Waals surface area contributed by atoms with Crippen LogP contribution in [0.5, 0.6) is 11.5 Å². The Labute approximate surface area is 160 Å². The Balaban J connectivity index is 1.49. The van der Waals surface area contributed by atoms with Gasteiger partial charge in [0.2, 0.25) is 15.9 Å². The van der Waals surface area contributed by atoms with E-state index >= 15 is 0 Å². The third-order valence-corrected chi connectivity index (χ3v) is 6.61. The van der Waals surface area contributed by atoms with E-state index in [1.807, 2.05) is 0 Å². The van der Waals surface area contributed by atoms with E-state index in [4.69, 9.17) is 9.47 Å². The van der Waals surface area contributed by atoms with E-state index in [0.29, 0.717) is 23.6 Å². The smallest absolute Gasteiger partial charge is 0.240 e. The standard InChI is InChI=1S/C18H27N3O5S/c1-25-16-6-5-15(11-17(16)26-2)27(23,24)19-8-7-18(22)21-14-9-12-3-4-13(10-14)20-12/h5-6,11-14,19-20H,3-4,7-10H2,1-2H3,(H,21,22). The van der Waals surface area contributed by atoms with Crippen LogP contribution in [-0.2, 0) is 14.8 Å². The molecule has 2 saturated heterocycles. The first-order valence-corrected chi connectivity index (χ1v) is 10.7. The van der Waals surface area contributed by atoms with Crippen LogP contribution in [0.2, 0.25) is 0 Å². The van der Waals surface area contributed by atoms with Crippen LogP contribution in [0.4, 0.5) is 0 Å². The fraction of sp³-hybridized carbons (Fsp3) is 0.611. The van der Waals surface area contributed by atoms with E-state index in [2.05, 4.69) is 15.4 Å². The third-order valence-electron chi connectivity index (χ3n) is 5.15. The minimum atomic E-state index is -3.73. The lowest BCUT2D eigenvalue weighted by Gasteiger charge is -2.29. The summed E-state index contributed by atoms with van der Waals surface area (Å²) in [6, 6.07) is 5.54. The summed E-state index contributed by atoms with van der Waals surface area (Å²) in [7, 11) is -0.803. The monoisotopic (exact) mass is 397 g/mol. The van der Waals surface area contributed by atoms with Crippen LogP contribution in [0, 0.1) is 0 Å². The molecule has 2 bridgehead atoms. The van der Waals surface area contributed by atoms with E-state index < -0.39 is 10.0 Å². The topological polar surface area (TPSA) is 106 Å². The average molecular weight is 397 g/mol. The molecule has 2 aliphatic rings. The molecule has 2 heterocycles. The third kappa shape index (κ3) is 4.91. The van der Waals surface area contributed by atoms with Crippen molar-refractivity contribution >= 4 is 15.9 Å². The molecule has 0 aliphatic carbocycles. The number of carbonyl (C=O) groups is 1. The van der Waals surface area contributed by atoms with E-state index in [0.717, 1.165) is 12.8 Å². The summed E-state index contributed by atoms with van der Waals surface area (Å²) in [6.45, 7) is 0.0420. The second kappa shape index (κ2) is 8.45. The van der Waals surface area contributed by atoms with Crippen LogP contribution in [-0.4, -0.2) is 53.2 Å². The Morgan fingerprint density at radius 1 is 1.15 bits per heavy atom.